The van der Waals surface area contributed by atoms with Crippen LogP contribution in [0.3, 0.4) is 0 Å². The Morgan fingerprint density at radius 1 is 1.47 bits per heavy atom. The molecule has 0 radical (unpaired) electrons. The number of nitro groups is 1. The normalized spacial score (nSPS) is 10.2. The topological polar surface area (TPSA) is 96.7 Å². The molecule has 0 saturated heterocycles. The monoisotopic (exact) mass is 233 g/mol. The fraction of sp³-hybridized carbons (Fsp3) is 0.200. The maximum atomic E-state index is 10.6. The van der Waals surface area contributed by atoms with Gasteiger partial charge in [-0.25, -0.2) is 4.98 Å². The van der Waals surface area contributed by atoms with Crippen molar-refractivity contribution in [1.82, 2.24) is 15.2 Å². The lowest BCUT2D eigenvalue weighted by Gasteiger charge is -2.04. The lowest BCUT2D eigenvalue weighted by Crippen LogP contribution is -2.03. The summed E-state index contributed by atoms with van der Waals surface area (Å²) in [6.07, 6.45) is 1.66. The minimum Gasteiger partial charge on any atom is -0.364 e. The molecule has 0 unspecified atom stereocenters. The Balaban J connectivity index is 2.07. The number of anilines is 1. The number of rotatable bonds is 4. The Kier molecular flexibility index (Phi) is 2.99. The van der Waals surface area contributed by atoms with Gasteiger partial charge in [0.15, 0.2) is 0 Å². The summed E-state index contributed by atoms with van der Waals surface area (Å²) in [5, 5.41) is 20.3. The van der Waals surface area contributed by atoms with Crippen molar-refractivity contribution in [1.29, 1.82) is 0 Å². The molecule has 17 heavy (non-hydrogen) atoms. The molecule has 0 aromatic carbocycles. The molecule has 2 rings (SSSR count). The van der Waals surface area contributed by atoms with Gasteiger partial charge in [-0.2, -0.15) is 5.10 Å². The van der Waals surface area contributed by atoms with Crippen LogP contribution < -0.4 is 5.32 Å². The van der Waals surface area contributed by atoms with E-state index >= 15 is 0 Å². The predicted molar refractivity (Wildman–Crippen MR) is 61.5 cm³/mol. The molecule has 7 nitrogen and oxygen atoms in total. The van der Waals surface area contributed by atoms with Crippen LogP contribution in [0.1, 0.15) is 11.4 Å². The van der Waals surface area contributed by atoms with Gasteiger partial charge in [0.1, 0.15) is 11.5 Å². The minimum absolute atomic E-state index is 0.0251. The van der Waals surface area contributed by atoms with Gasteiger partial charge in [-0.15, -0.1) is 0 Å². The number of nitrogens with zero attached hydrogens (tertiary/aromatic N) is 3. The summed E-state index contributed by atoms with van der Waals surface area (Å²) >= 11 is 0. The molecule has 2 aromatic rings. The number of aromatic nitrogens is 3. The van der Waals surface area contributed by atoms with Gasteiger partial charge in [-0.3, -0.25) is 15.2 Å². The van der Waals surface area contributed by atoms with E-state index in [0.717, 1.165) is 5.69 Å². The third-order valence-electron chi connectivity index (χ3n) is 2.27. The number of nitrogens with one attached hydrogen (secondary N) is 2. The van der Waals surface area contributed by atoms with E-state index in [1.54, 1.807) is 19.2 Å². The second kappa shape index (κ2) is 4.60. The van der Waals surface area contributed by atoms with E-state index in [1.807, 2.05) is 6.07 Å². The lowest BCUT2D eigenvalue weighted by molar-refractivity contribution is -0.385. The highest BCUT2D eigenvalue weighted by molar-refractivity contribution is 5.44. The largest absolute Gasteiger partial charge is 0.364 e. The number of pyridine rings is 1. The molecular weight excluding hydrogens is 222 g/mol. The molecule has 7 heteroatoms. The fourth-order valence-electron chi connectivity index (χ4n) is 1.41. The number of hydrogen-bond acceptors (Lipinski definition) is 5. The summed E-state index contributed by atoms with van der Waals surface area (Å²) in [6, 6.07) is 4.87. The van der Waals surface area contributed by atoms with Crippen LogP contribution in [0.15, 0.2) is 24.4 Å². The van der Waals surface area contributed by atoms with Crippen LogP contribution >= 0.6 is 0 Å². The van der Waals surface area contributed by atoms with E-state index < -0.39 is 4.92 Å². The van der Waals surface area contributed by atoms with E-state index in [1.165, 1.54) is 6.07 Å². The van der Waals surface area contributed by atoms with Gasteiger partial charge < -0.3 is 5.32 Å². The summed E-state index contributed by atoms with van der Waals surface area (Å²) in [4.78, 5) is 14.3. The Morgan fingerprint density at radius 2 is 2.29 bits per heavy atom. The predicted octanol–water partition coefficient (Wildman–Crippen LogP) is 1.63. The van der Waals surface area contributed by atoms with Gasteiger partial charge in [-0.05, 0) is 19.1 Å². The Hall–Kier alpha value is -2.44. The van der Waals surface area contributed by atoms with Crippen LogP contribution in [0.2, 0.25) is 0 Å². The zero-order valence-corrected chi connectivity index (χ0v) is 9.17. The molecule has 0 saturated carbocycles. The summed E-state index contributed by atoms with van der Waals surface area (Å²) < 4.78 is 0. The quantitative estimate of drug-likeness (QED) is 0.618. The molecule has 88 valence electrons. The number of H-pyrrole nitrogens is 1. The SMILES string of the molecule is Cc1nc(NCc2ccn[nH]2)ccc1[N+](=O)[O-]. The van der Waals surface area contributed by atoms with Gasteiger partial charge in [0.25, 0.3) is 5.69 Å². The third-order valence-corrected chi connectivity index (χ3v) is 2.27. The molecule has 0 bridgehead atoms. The van der Waals surface area contributed by atoms with Crippen molar-refractivity contribution in [3.8, 4) is 0 Å². The molecule has 0 fully saturated rings. The zero-order valence-electron chi connectivity index (χ0n) is 9.17. The first-order valence-electron chi connectivity index (χ1n) is 5.01. The molecule has 0 amide bonds. The van der Waals surface area contributed by atoms with Crippen molar-refractivity contribution in [2.45, 2.75) is 13.5 Å². The first kappa shape index (κ1) is 11.1. The van der Waals surface area contributed by atoms with Crippen LogP contribution in [0.4, 0.5) is 11.5 Å². The van der Waals surface area contributed by atoms with Crippen LogP contribution in [0.25, 0.3) is 0 Å². The molecule has 2 N–H and O–H groups in total. The van der Waals surface area contributed by atoms with Crippen LogP contribution in [-0.2, 0) is 6.54 Å². The number of aryl methyl sites for hydroxylation is 1. The van der Waals surface area contributed by atoms with Crippen molar-refractivity contribution >= 4 is 11.5 Å². The molecule has 0 aliphatic heterocycles. The average Bonchev–Trinajstić information content (AvgIpc) is 2.78. The first-order valence-corrected chi connectivity index (χ1v) is 5.01. The van der Waals surface area contributed by atoms with Crippen molar-refractivity contribution in [3.05, 3.63) is 45.9 Å². The maximum absolute atomic E-state index is 10.6. The van der Waals surface area contributed by atoms with Crippen LogP contribution in [-0.4, -0.2) is 20.1 Å². The Morgan fingerprint density at radius 3 is 2.88 bits per heavy atom. The number of aromatic amines is 1. The van der Waals surface area contributed by atoms with Crippen molar-refractivity contribution in [3.63, 3.8) is 0 Å². The molecule has 2 aromatic heterocycles. The van der Waals surface area contributed by atoms with E-state index in [4.69, 9.17) is 0 Å². The van der Waals surface area contributed by atoms with Gasteiger partial charge in [0.2, 0.25) is 0 Å². The van der Waals surface area contributed by atoms with Gasteiger partial charge in [0, 0.05) is 12.3 Å². The van der Waals surface area contributed by atoms with Crippen molar-refractivity contribution in [2.75, 3.05) is 5.32 Å². The van der Waals surface area contributed by atoms with E-state index in [2.05, 4.69) is 20.5 Å². The fourth-order valence-corrected chi connectivity index (χ4v) is 1.41. The summed E-state index contributed by atoms with van der Waals surface area (Å²) in [6.45, 7) is 2.16. The zero-order chi connectivity index (χ0) is 12.3. The second-order valence-corrected chi connectivity index (χ2v) is 3.49. The Bertz CT molecular complexity index is 523. The highest BCUT2D eigenvalue weighted by Crippen LogP contribution is 2.17. The molecular formula is C10H11N5O2. The van der Waals surface area contributed by atoms with E-state index in [9.17, 15) is 10.1 Å². The minimum atomic E-state index is -0.443. The molecule has 0 aliphatic carbocycles. The standard InChI is InChI=1S/C10H11N5O2/c1-7-9(15(16)17)2-3-10(13-7)11-6-8-4-5-12-14-8/h2-5H,6H2,1H3,(H,11,13)(H,12,14). The van der Waals surface area contributed by atoms with Gasteiger partial charge >= 0.3 is 0 Å². The van der Waals surface area contributed by atoms with E-state index in [-0.39, 0.29) is 5.69 Å². The third kappa shape index (κ3) is 2.57. The molecule has 0 aliphatic rings. The molecule has 0 spiro atoms. The summed E-state index contributed by atoms with van der Waals surface area (Å²) in [5.41, 5.74) is 1.34. The lowest BCUT2D eigenvalue weighted by atomic mass is 10.3. The highest BCUT2D eigenvalue weighted by atomic mass is 16.6. The van der Waals surface area contributed by atoms with Crippen molar-refractivity contribution in [2.24, 2.45) is 0 Å². The second-order valence-electron chi connectivity index (χ2n) is 3.49. The maximum Gasteiger partial charge on any atom is 0.290 e. The molecule has 0 atom stereocenters. The first-order chi connectivity index (χ1) is 8.16. The van der Waals surface area contributed by atoms with Crippen LogP contribution in [0, 0.1) is 17.0 Å². The van der Waals surface area contributed by atoms with E-state index in [0.29, 0.717) is 18.1 Å². The smallest absolute Gasteiger partial charge is 0.290 e. The Labute approximate surface area is 97.0 Å². The number of hydrogen-bond donors (Lipinski definition) is 2. The summed E-state index contributed by atoms with van der Waals surface area (Å²) in [5.74, 6) is 0.600. The summed E-state index contributed by atoms with van der Waals surface area (Å²) in [7, 11) is 0. The van der Waals surface area contributed by atoms with Gasteiger partial charge in [0.05, 0.1) is 17.2 Å². The van der Waals surface area contributed by atoms with Crippen molar-refractivity contribution < 1.29 is 4.92 Å². The molecule has 2 heterocycles. The van der Waals surface area contributed by atoms with Gasteiger partial charge in [-0.1, -0.05) is 0 Å². The average molecular weight is 233 g/mol. The highest BCUT2D eigenvalue weighted by Gasteiger charge is 2.11. The van der Waals surface area contributed by atoms with Crippen LogP contribution in [0.5, 0.6) is 0 Å².